The average molecular weight is 546 g/mol. The van der Waals surface area contributed by atoms with Crippen molar-refractivity contribution in [2.75, 3.05) is 0 Å². The minimum atomic E-state index is -2.66. The van der Waals surface area contributed by atoms with Gasteiger partial charge in [-0.1, -0.05) is 0 Å². The van der Waals surface area contributed by atoms with E-state index in [1.54, 1.807) is 4.68 Å². The molecule has 0 atom stereocenters. The first kappa shape index (κ1) is 22.8. The Bertz CT molecular complexity index is 713. The molecule has 0 aliphatic heterocycles. The van der Waals surface area contributed by atoms with Crippen molar-refractivity contribution in [2.24, 2.45) is 0 Å². The molecular formula is C20H32BrFN4Sn. The van der Waals surface area contributed by atoms with E-state index in [0.29, 0.717) is 5.69 Å². The number of pyridine rings is 1. The summed E-state index contributed by atoms with van der Waals surface area (Å²) in [5, 5.41) is 9.21. The van der Waals surface area contributed by atoms with Gasteiger partial charge in [-0.15, -0.1) is 0 Å². The molecule has 7 heteroatoms. The molecule has 150 valence electrons. The molecule has 4 nitrogen and oxygen atoms in total. The van der Waals surface area contributed by atoms with Crippen LogP contribution in [0.4, 0.5) is 4.39 Å². The van der Waals surface area contributed by atoms with Crippen molar-refractivity contribution < 1.29 is 4.39 Å². The van der Waals surface area contributed by atoms with E-state index in [9.17, 15) is 4.39 Å². The summed E-state index contributed by atoms with van der Waals surface area (Å²) in [7, 11) is 0. The van der Waals surface area contributed by atoms with Gasteiger partial charge in [0.2, 0.25) is 0 Å². The fraction of sp³-hybridized carbons (Fsp3) is 0.650. The molecule has 2 rings (SSSR count). The van der Waals surface area contributed by atoms with Crippen LogP contribution in [0.3, 0.4) is 0 Å². The zero-order valence-corrected chi connectivity index (χ0v) is 21.5. The second-order valence-electron chi connectivity index (χ2n) is 7.48. The maximum atomic E-state index is 13.7. The summed E-state index contributed by atoms with van der Waals surface area (Å²) in [6.07, 6.45) is 9.02. The molecule has 0 amide bonds. The predicted octanol–water partition coefficient (Wildman–Crippen LogP) is 5.93. The van der Waals surface area contributed by atoms with Gasteiger partial charge in [0.1, 0.15) is 0 Å². The van der Waals surface area contributed by atoms with Gasteiger partial charge in [-0.3, -0.25) is 0 Å². The van der Waals surface area contributed by atoms with Crippen molar-refractivity contribution >= 4 is 38.0 Å². The van der Waals surface area contributed by atoms with E-state index in [2.05, 4.69) is 53.8 Å². The third-order valence-electron chi connectivity index (χ3n) is 5.45. The third-order valence-corrected chi connectivity index (χ3v) is 21.5. The summed E-state index contributed by atoms with van der Waals surface area (Å²) in [6.45, 7) is 8.93. The quantitative estimate of drug-likeness (QED) is 0.260. The minimum absolute atomic E-state index is 0.498. The van der Waals surface area contributed by atoms with Crippen molar-refractivity contribution in [3.63, 3.8) is 0 Å². The summed E-state index contributed by atoms with van der Waals surface area (Å²) in [4.78, 5) is 3.71. The normalized spacial score (nSPS) is 11.9. The number of rotatable bonds is 11. The first-order chi connectivity index (χ1) is 13.0. The monoisotopic (exact) mass is 546 g/mol. The zero-order chi connectivity index (χ0) is 19.9. The van der Waals surface area contributed by atoms with Crippen molar-refractivity contribution in [2.45, 2.75) is 79.5 Å². The summed E-state index contributed by atoms with van der Waals surface area (Å²) < 4.78 is 21.6. The predicted molar refractivity (Wildman–Crippen MR) is 116 cm³/mol. The van der Waals surface area contributed by atoms with Crippen molar-refractivity contribution in [1.82, 2.24) is 20.0 Å². The molecule has 2 aromatic heterocycles. The molecule has 0 unspecified atom stereocenters. The first-order valence-corrected chi connectivity index (χ1v) is 18.5. The molecule has 0 radical (unpaired) electrons. The Hall–Kier alpha value is -0.501. The second kappa shape index (κ2) is 10.9. The molecule has 0 saturated carbocycles. The van der Waals surface area contributed by atoms with E-state index in [-0.39, 0.29) is 0 Å². The van der Waals surface area contributed by atoms with Gasteiger partial charge in [-0.2, -0.15) is 0 Å². The van der Waals surface area contributed by atoms with E-state index in [0.717, 1.165) is 10.2 Å². The van der Waals surface area contributed by atoms with Crippen LogP contribution in [0.5, 0.6) is 0 Å². The van der Waals surface area contributed by atoms with Gasteiger partial charge in [0, 0.05) is 0 Å². The Morgan fingerprint density at radius 3 is 2.11 bits per heavy atom. The van der Waals surface area contributed by atoms with Gasteiger partial charge in [0.25, 0.3) is 0 Å². The molecular weight excluding hydrogens is 514 g/mol. The number of hydrogen-bond acceptors (Lipinski definition) is 3. The van der Waals surface area contributed by atoms with Crippen molar-refractivity contribution in [3.05, 3.63) is 28.4 Å². The maximum absolute atomic E-state index is 13.7. The van der Waals surface area contributed by atoms with E-state index in [1.807, 2.05) is 0 Å². The van der Waals surface area contributed by atoms with Crippen LogP contribution in [0.25, 0.3) is 5.69 Å². The number of unbranched alkanes of at least 4 members (excludes halogenated alkanes) is 3. The number of hydrogen-bond donors (Lipinski definition) is 0. The molecule has 0 saturated heterocycles. The van der Waals surface area contributed by atoms with Crippen LogP contribution in [0.1, 0.15) is 65.0 Å². The molecule has 0 aliphatic rings. The van der Waals surface area contributed by atoms with Gasteiger partial charge in [0.15, 0.2) is 0 Å². The van der Waals surface area contributed by atoms with E-state index < -0.39 is 24.3 Å². The SMILES string of the molecule is CCC[CH2][Sn]([CH2]CCC)([CH2]CCC)[c]1nnn(-c2cc(F)ncc2Br)c1C. The average Bonchev–Trinajstić information content (AvgIpc) is 3.05. The van der Waals surface area contributed by atoms with E-state index >= 15 is 0 Å². The van der Waals surface area contributed by atoms with Crippen LogP contribution in [0, 0.1) is 12.9 Å². The summed E-state index contributed by atoms with van der Waals surface area (Å²) >= 11 is 0.824. The fourth-order valence-electron chi connectivity index (χ4n) is 3.89. The molecule has 2 aromatic rings. The van der Waals surface area contributed by atoms with E-state index in [4.69, 9.17) is 5.10 Å². The van der Waals surface area contributed by atoms with Crippen LogP contribution < -0.4 is 3.71 Å². The van der Waals surface area contributed by atoms with Gasteiger partial charge in [-0.05, 0) is 0 Å². The molecule has 0 N–H and O–H groups in total. The number of halogens is 2. The summed E-state index contributed by atoms with van der Waals surface area (Å²) in [6, 6.07) is 1.43. The molecule has 0 aromatic carbocycles. The topological polar surface area (TPSA) is 43.6 Å². The Kier molecular flexibility index (Phi) is 9.18. The van der Waals surface area contributed by atoms with Crippen LogP contribution in [0.2, 0.25) is 13.3 Å². The van der Waals surface area contributed by atoms with Gasteiger partial charge in [-0.25, -0.2) is 0 Å². The molecule has 27 heavy (non-hydrogen) atoms. The fourth-order valence-corrected chi connectivity index (χ4v) is 20.5. The molecule has 0 fully saturated rings. The van der Waals surface area contributed by atoms with Crippen LogP contribution in [0.15, 0.2) is 16.7 Å². The number of nitrogens with zero attached hydrogens (tertiary/aromatic N) is 4. The first-order valence-electron chi connectivity index (χ1n) is 10.2. The molecule has 0 aliphatic carbocycles. The van der Waals surface area contributed by atoms with Crippen molar-refractivity contribution in [3.8, 4) is 5.69 Å². The standard InChI is InChI=1S/C8H5BrFN4.3C4H9.Sn/c1-5-3-12-13-14(5)7-2-8(10)11-4-6(7)9;3*1-3-4-2;/h2,4H,1H3;3*1,3-4H2,2H3;. The summed E-state index contributed by atoms with van der Waals surface area (Å²) in [5.74, 6) is -0.498. The van der Waals surface area contributed by atoms with Gasteiger partial charge in [0.05, 0.1) is 0 Å². The second-order valence-corrected chi connectivity index (χ2v) is 21.3. The summed E-state index contributed by atoms with van der Waals surface area (Å²) in [5.41, 5.74) is 1.78. The molecule has 0 spiro atoms. The molecule has 0 bridgehead atoms. The zero-order valence-electron chi connectivity index (χ0n) is 17.1. The van der Waals surface area contributed by atoms with Gasteiger partial charge < -0.3 is 0 Å². The Balaban J connectivity index is 2.51. The van der Waals surface area contributed by atoms with Crippen LogP contribution in [-0.4, -0.2) is 38.4 Å². The Labute approximate surface area is 175 Å². The third kappa shape index (κ3) is 5.52. The van der Waals surface area contributed by atoms with Gasteiger partial charge >= 0.3 is 176 Å². The Morgan fingerprint density at radius 2 is 1.59 bits per heavy atom. The van der Waals surface area contributed by atoms with Crippen LogP contribution in [-0.2, 0) is 0 Å². The van der Waals surface area contributed by atoms with E-state index in [1.165, 1.54) is 67.8 Å². The number of aromatic nitrogens is 4. The van der Waals surface area contributed by atoms with Crippen LogP contribution >= 0.6 is 15.9 Å². The Morgan fingerprint density at radius 1 is 1.04 bits per heavy atom. The molecule has 2 heterocycles. The van der Waals surface area contributed by atoms with Crippen molar-refractivity contribution in [1.29, 1.82) is 0 Å².